The van der Waals surface area contributed by atoms with Gasteiger partial charge in [0.05, 0.1) is 41.7 Å². The average Bonchev–Trinajstić information content (AvgIpc) is 3.81. The van der Waals surface area contributed by atoms with E-state index in [1.54, 1.807) is 12.1 Å². The Balaban J connectivity index is 1.21. The summed E-state index contributed by atoms with van der Waals surface area (Å²) in [6.45, 7) is 5.05. The van der Waals surface area contributed by atoms with Gasteiger partial charge in [-0.25, -0.2) is 13.2 Å². The van der Waals surface area contributed by atoms with Crippen LogP contribution in [-0.4, -0.2) is 85.0 Å². The minimum atomic E-state index is -4.08. The minimum absolute atomic E-state index is 0.0397. The summed E-state index contributed by atoms with van der Waals surface area (Å²) >= 11 is 0. The van der Waals surface area contributed by atoms with Gasteiger partial charge in [-0.2, -0.15) is 9.40 Å². The summed E-state index contributed by atoms with van der Waals surface area (Å²) in [5.74, 6) is 0.457. The van der Waals surface area contributed by atoms with Crippen molar-refractivity contribution in [3.63, 3.8) is 0 Å². The number of aromatic amines is 1. The summed E-state index contributed by atoms with van der Waals surface area (Å²) in [6, 6.07) is 23.2. The van der Waals surface area contributed by atoms with E-state index in [-0.39, 0.29) is 49.1 Å². The number of H-pyrrole nitrogens is 1. The molecule has 5 atom stereocenters. The molecule has 0 bridgehead atoms. The van der Waals surface area contributed by atoms with E-state index in [4.69, 9.17) is 14.2 Å². The van der Waals surface area contributed by atoms with E-state index in [1.165, 1.54) is 10.4 Å². The Morgan fingerprint density at radius 1 is 1.04 bits per heavy atom. The molecular weight excluding hydrogens is 634 g/mol. The number of benzene rings is 3. The lowest BCUT2D eigenvalue weighted by Crippen LogP contribution is -2.51. The summed E-state index contributed by atoms with van der Waals surface area (Å²) in [5, 5.41) is 25.7. The van der Waals surface area contributed by atoms with E-state index in [2.05, 4.69) is 20.8 Å². The van der Waals surface area contributed by atoms with Crippen molar-refractivity contribution in [2.45, 2.75) is 62.7 Å². The van der Waals surface area contributed by atoms with E-state index in [0.29, 0.717) is 29.9 Å². The van der Waals surface area contributed by atoms with E-state index in [0.717, 1.165) is 17.5 Å². The number of anilines is 1. The Bertz CT molecular complexity index is 1770. The Morgan fingerprint density at radius 2 is 1.77 bits per heavy atom. The van der Waals surface area contributed by atoms with Crippen LogP contribution in [0.15, 0.2) is 83.8 Å². The van der Waals surface area contributed by atoms with Crippen molar-refractivity contribution in [2.75, 3.05) is 31.6 Å². The third-order valence-corrected chi connectivity index (χ3v) is 10.6. The molecule has 0 radical (unpaired) electrons. The van der Waals surface area contributed by atoms with Gasteiger partial charge >= 0.3 is 6.09 Å². The van der Waals surface area contributed by atoms with Gasteiger partial charge in [0.25, 0.3) is 0 Å². The number of carbonyl (C=O) groups is 1. The van der Waals surface area contributed by atoms with Crippen molar-refractivity contribution in [3.05, 3.63) is 90.0 Å². The number of nitrogens with zero attached hydrogens (tertiary/aromatic N) is 2. The number of aliphatic hydroxyl groups excluding tert-OH is 1. The smallest absolute Gasteiger partial charge is 0.407 e. The zero-order valence-corrected chi connectivity index (χ0v) is 27.9. The maximum absolute atomic E-state index is 14.2. The summed E-state index contributed by atoms with van der Waals surface area (Å²) in [5.41, 5.74) is 2.62. The predicted octanol–water partition coefficient (Wildman–Crippen LogP) is 4.28. The molecule has 2 fully saturated rings. The van der Waals surface area contributed by atoms with Gasteiger partial charge in [-0.05, 0) is 48.1 Å². The molecule has 1 unspecified atom stereocenters. The summed E-state index contributed by atoms with van der Waals surface area (Å²) < 4.78 is 46.6. The summed E-state index contributed by atoms with van der Waals surface area (Å²) in [7, 11) is -4.08. The third-order valence-electron chi connectivity index (χ3n) is 8.74. The molecule has 12 nitrogen and oxygen atoms in total. The normalized spacial score (nSPS) is 20.6. The van der Waals surface area contributed by atoms with Gasteiger partial charge in [0, 0.05) is 25.0 Å². The molecule has 2 aliphatic rings. The standard InChI is InChI=1S/C35H43N5O7S/c1-23(2)20-40(48(43,44)26-13-14-29-28(18-26)33(39-38-29)36-19-25-11-7-4-8-12-25)21-31(41)30(17-24-9-5-3-6-10-24)37-35(42)47-32-22-46-34-27(32)15-16-45-34/h3-14,18,23,27,30-32,34,41H,15-17,19-22H2,1-2H3,(H,37,42)(H2,36,38,39)/t27-,30-,31+,32?,34+/m0/s1. The Hall–Kier alpha value is -4.01. The third kappa shape index (κ3) is 7.99. The first-order chi connectivity index (χ1) is 23.2. The summed E-state index contributed by atoms with van der Waals surface area (Å²) in [6.07, 6.45) is -1.80. The zero-order valence-electron chi connectivity index (χ0n) is 27.1. The van der Waals surface area contributed by atoms with E-state index >= 15 is 0 Å². The van der Waals surface area contributed by atoms with Gasteiger partial charge < -0.3 is 30.0 Å². The number of aromatic nitrogens is 2. The van der Waals surface area contributed by atoms with Crippen LogP contribution < -0.4 is 10.6 Å². The molecule has 2 saturated heterocycles. The zero-order chi connectivity index (χ0) is 33.7. The average molecular weight is 678 g/mol. The molecule has 3 aromatic carbocycles. The van der Waals surface area contributed by atoms with Gasteiger partial charge in [-0.1, -0.05) is 74.5 Å². The molecule has 1 amide bonds. The number of alkyl carbamates (subject to hydrolysis) is 1. The summed E-state index contributed by atoms with van der Waals surface area (Å²) in [4.78, 5) is 13.2. The van der Waals surface area contributed by atoms with Gasteiger partial charge in [0.2, 0.25) is 10.0 Å². The maximum atomic E-state index is 14.2. The Morgan fingerprint density at radius 3 is 2.50 bits per heavy atom. The van der Waals surface area contributed by atoms with E-state index in [9.17, 15) is 18.3 Å². The van der Waals surface area contributed by atoms with Crippen molar-refractivity contribution in [2.24, 2.45) is 11.8 Å². The highest BCUT2D eigenvalue weighted by Crippen LogP contribution is 2.33. The molecule has 4 N–H and O–H groups in total. The van der Waals surface area contributed by atoms with Gasteiger partial charge in [-0.15, -0.1) is 0 Å². The lowest BCUT2D eigenvalue weighted by molar-refractivity contribution is -0.0907. The topological polar surface area (TPSA) is 155 Å². The molecule has 256 valence electrons. The second-order valence-electron chi connectivity index (χ2n) is 12.8. The first-order valence-electron chi connectivity index (χ1n) is 16.4. The number of carbonyl (C=O) groups excluding carboxylic acids is 1. The van der Waals surface area contributed by atoms with Crippen LogP contribution in [0, 0.1) is 11.8 Å². The number of ether oxygens (including phenoxy) is 3. The molecule has 4 aromatic rings. The number of amides is 1. The monoisotopic (exact) mass is 677 g/mol. The lowest BCUT2D eigenvalue weighted by atomic mass is 10.0. The number of hydrogen-bond acceptors (Lipinski definition) is 9. The highest BCUT2D eigenvalue weighted by atomic mass is 32.2. The van der Waals surface area contributed by atoms with Crippen LogP contribution in [0.1, 0.15) is 31.4 Å². The molecule has 48 heavy (non-hydrogen) atoms. The van der Waals surface area contributed by atoms with Crippen LogP contribution in [0.25, 0.3) is 10.9 Å². The SMILES string of the molecule is CC(C)CN(C[C@@H](O)[C@H](Cc1ccccc1)NC(=O)OC1CO[C@H]2OCC[C@@H]12)S(=O)(=O)c1ccc2[nH]nc(NCc3ccccc3)c2c1. The van der Waals surface area contributed by atoms with Crippen LogP contribution in [0.4, 0.5) is 10.6 Å². The van der Waals surface area contributed by atoms with Crippen molar-refractivity contribution >= 4 is 32.8 Å². The van der Waals surface area contributed by atoms with Crippen molar-refractivity contribution in [1.82, 2.24) is 19.8 Å². The quantitative estimate of drug-likeness (QED) is 0.153. The number of rotatable bonds is 14. The number of fused-ring (bicyclic) bond motifs is 2. The van der Waals surface area contributed by atoms with Crippen LogP contribution in [0.3, 0.4) is 0 Å². The fourth-order valence-corrected chi connectivity index (χ4v) is 7.90. The highest BCUT2D eigenvalue weighted by molar-refractivity contribution is 7.89. The first kappa shape index (κ1) is 33.9. The number of aliphatic hydroxyl groups is 1. The Kier molecular flexibility index (Phi) is 10.6. The largest absolute Gasteiger partial charge is 0.443 e. The van der Waals surface area contributed by atoms with Crippen molar-refractivity contribution in [3.8, 4) is 0 Å². The fraction of sp³-hybridized carbons (Fsp3) is 0.429. The van der Waals surface area contributed by atoms with Gasteiger partial charge in [-0.3, -0.25) is 5.10 Å². The first-order valence-corrected chi connectivity index (χ1v) is 17.8. The highest BCUT2D eigenvalue weighted by Gasteiger charge is 2.44. The fourth-order valence-electron chi connectivity index (χ4n) is 6.25. The lowest BCUT2D eigenvalue weighted by Gasteiger charge is -2.31. The molecule has 1 aromatic heterocycles. The molecule has 0 saturated carbocycles. The Labute approximate surface area is 280 Å². The van der Waals surface area contributed by atoms with Crippen molar-refractivity contribution < 1.29 is 32.5 Å². The van der Waals surface area contributed by atoms with Gasteiger partial charge in [0.15, 0.2) is 12.1 Å². The maximum Gasteiger partial charge on any atom is 0.407 e. The van der Waals surface area contributed by atoms with Crippen LogP contribution in [0.2, 0.25) is 0 Å². The molecule has 3 heterocycles. The van der Waals surface area contributed by atoms with Crippen LogP contribution >= 0.6 is 0 Å². The van der Waals surface area contributed by atoms with Crippen LogP contribution in [-0.2, 0) is 37.2 Å². The number of nitrogens with one attached hydrogen (secondary N) is 3. The molecule has 13 heteroatoms. The van der Waals surface area contributed by atoms with Gasteiger partial charge in [0.1, 0.15) is 6.10 Å². The second-order valence-corrected chi connectivity index (χ2v) is 14.7. The molecule has 6 rings (SSSR count). The number of hydrogen-bond donors (Lipinski definition) is 4. The van der Waals surface area contributed by atoms with Crippen molar-refractivity contribution in [1.29, 1.82) is 0 Å². The van der Waals surface area contributed by atoms with Crippen LogP contribution in [0.5, 0.6) is 0 Å². The van der Waals surface area contributed by atoms with E-state index < -0.39 is 34.4 Å². The molecular formula is C35H43N5O7S. The molecule has 0 aliphatic carbocycles. The molecule has 0 spiro atoms. The minimum Gasteiger partial charge on any atom is -0.443 e. The predicted molar refractivity (Wildman–Crippen MR) is 181 cm³/mol. The number of sulfonamides is 1. The van der Waals surface area contributed by atoms with E-state index in [1.807, 2.05) is 74.5 Å². The second kappa shape index (κ2) is 15.0. The molecule has 2 aliphatic heterocycles.